The van der Waals surface area contributed by atoms with Crippen molar-refractivity contribution in [3.8, 4) is 11.8 Å². The number of pyridine rings is 1. The van der Waals surface area contributed by atoms with Crippen molar-refractivity contribution in [1.82, 2.24) is 10.3 Å². The Morgan fingerprint density at radius 2 is 2.31 bits per heavy atom. The molecular weight excluding hydrogens is 167 g/mol. The fraction of sp³-hybridized carbons (Fsp3) is 0.300. The summed E-state index contributed by atoms with van der Waals surface area (Å²) < 4.78 is 12.6. The number of rotatable bonds is 1. The zero-order valence-corrected chi connectivity index (χ0v) is 7.69. The number of hydrogen-bond donors (Lipinski definition) is 1. The largest absolute Gasteiger partial charge is 0.309 e. The molecule has 1 aromatic heterocycles. The van der Waals surface area contributed by atoms with Crippen LogP contribution in [0.5, 0.6) is 0 Å². The molecule has 1 N–H and O–H groups in total. The summed E-state index contributed by atoms with van der Waals surface area (Å²) in [6.07, 6.45) is 0. The maximum atomic E-state index is 12.6. The van der Waals surface area contributed by atoms with Gasteiger partial charge in [-0.25, -0.2) is 4.98 Å². The number of aryl methyl sites for hydroxylation is 1. The van der Waals surface area contributed by atoms with Crippen LogP contribution in [0.15, 0.2) is 12.1 Å². The highest BCUT2D eigenvalue weighted by Gasteiger charge is 1.96. The molecule has 0 aliphatic carbocycles. The molecule has 0 aliphatic rings. The van der Waals surface area contributed by atoms with Crippen molar-refractivity contribution >= 4 is 0 Å². The monoisotopic (exact) mass is 178 g/mol. The second-order valence-electron chi connectivity index (χ2n) is 2.60. The van der Waals surface area contributed by atoms with Gasteiger partial charge in [0.05, 0.1) is 12.2 Å². The van der Waals surface area contributed by atoms with Crippen molar-refractivity contribution in [1.29, 1.82) is 0 Å². The fourth-order valence-corrected chi connectivity index (χ4v) is 0.890. The third-order valence-corrected chi connectivity index (χ3v) is 1.54. The molecule has 3 heteroatoms. The highest BCUT2D eigenvalue weighted by molar-refractivity contribution is 5.37. The average molecular weight is 178 g/mol. The standard InChI is InChI=1S/C10H11FN2/c1-8-9(4-3-7-12-2)5-6-10(11)13-8/h5-6,12H,7H2,1-2H3. The molecular formula is C10H11FN2. The van der Waals surface area contributed by atoms with Crippen molar-refractivity contribution < 1.29 is 4.39 Å². The van der Waals surface area contributed by atoms with Crippen LogP contribution in [-0.2, 0) is 0 Å². The zero-order valence-electron chi connectivity index (χ0n) is 7.69. The molecule has 68 valence electrons. The second kappa shape index (κ2) is 4.58. The molecule has 0 aromatic carbocycles. The Morgan fingerprint density at radius 1 is 1.54 bits per heavy atom. The van der Waals surface area contributed by atoms with Crippen LogP contribution in [0.3, 0.4) is 0 Å². The van der Waals surface area contributed by atoms with Crippen LogP contribution >= 0.6 is 0 Å². The van der Waals surface area contributed by atoms with E-state index in [9.17, 15) is 4.39 Å². The predicted molar refractivity (Wildman–Crippen MR) is 49.7 cm³/mol. The van der Waals surface area contributed by atoms with Crippen LogP contribution in [0.1, 0.15) is 11.3 Å². The van der Waals surface area contributed by atoms with Crippen molar-refractivity contribution in [2.75, 3.05) is 13.6 Å². The minimum atomic E-state index is -0.461. The van der Waals surface area contributed by atoms with Crippen LogP contribution in [-0.4, -0.2) is 18.6 Å². The highest BCUT2D eigenvalue weighted by atomic mass is 19.1. The molecule has 0 amide bonds. The fourth-order valence-electron chi connectivity index (χ4n) is 0.890. The van der Waals surface area contributed by atoms with Gasteiger partial charge in [-0.15, -0.1) is 0 Å². The van der Waals surface area contributed by atoms with Crippen LogP contribution in [0.2, 0.25) is 0 Å². The summed E-state index contributed by atoms with van der Waals surface area (Å²) in [6.45, 7) is 2.36. The topological polar surface area (TPSA) is 24.9 Å². The molecule has 0 bridgehead atoms. The molecule has 13 heavy (non-hydrogen) atoms. The summed E-state index contributed by atoms with van der Waals surface area (Å²) in [5.74, 6) is 5.33. The third kappa shape index (κ3) is 2.85. The van der Waals surface area contributed by atoms with Gasteiger partial charge in [0, 0.05) is 5.56 Å². The Balaban J connectivity index is 2.85. The van der Waals surface area contributed by atoms with Crippen LogP contribution in [0, 0.1) is 24.7 Å². The maximum Gasteiger partial charge on any atom is 0.213 e. The molecule has 0 spiro atoms. The minimum Gasteiger partial charge on any atom is -0.309 e. The molecule has 1 rings (SSSR count). The van der Waals surface area contributed by atoms with E-state index in [2.05, 4.69) is 22.1 Å². The first kappa shape index (κ1) is 9.69. The Morgan fingerprint density at radius 3 is 2.92 bits per heavy atom. The molecule has 0 unspecified atom stereocenters. The van der Waals surface area contributed by atoms with Crippen molar-refractivity contribution in [2.24, 2.45) is 0 Å². The van der Waals surface area contributed by atoms with E-state index in [1.54, 1.807) is 13.0 Å². The second-order valence-corrected chi connectivity index (χ2v) is 2.60. The number of nitrogens with zero attached hydrogens (tertiary/aromatic N) is 1. The lowest BCUT2D eigenvalue weighted by Gasteiger charge is -1.95. The molecule has 0 fully saturated rings. The van der Waals surface area contributed by atoms with E-state index < -0.39 is 5.95 Å². The first-order valence-corrected chi connectivity index (χ1v) is 4.00. The Hall–Kier alpha value is -1.40. The quantitative estimate of drug-likeness (QED) is 0.514. The van der Waals surface area contributed by atoms with Gasteiger partial charge in [0.2, 0.25) is 5.95 Å². The lowest BCUT2D eigenvalue weighted by molar-refractivity contribution is 0.579. The van der Waals surface area contributed by atoms with Gasteiger partial charge in [-0.05, 0) is 26.1 Å². The van der Waals surface area contributed by atoms with Gasteiger partial charge in [0.15, 0.2) is 0 Å². The predicted octanol–water partition coefficient (Wildman–Crippen LogP) is 1.10. The molecule has 1 aromatic rings. The normalized spacial score (nSPS) is 9.15. The van der Waals surface area contributed by atoms with E-state index in [0.717, 1.165) is 5.56 Å². The van der Waals surface area contributed by atoms with E-state index >= 15 is 0 Å². The van der Waals surface area contributed by atoms with Gasteiger partial charge in [-0.2, -0.15) is 4.39 Å². The SMILES string of the molecule is CNCC#Cc1ccc(F)nc1C. The van der Waals surface area contributed by atoms with Crippen molar-refractivity contribution in [3.05, 3.63) is 29.3 Å². The van der Waals surface area contributed by atoms with Gasteiger partial charge >= 0.3 is 0 Å². The number of nitrogens with one attached hydrogen (secondary N) is 1. The van der Waals surface area contributed by atoms with Crippen molar-refractivity contribution in [2.45, 2.75) is 6.92 Å². The van der Waals surface area contributed by atoms with Gasteiger partial charge in [-0.1, -0.05) is 11.8 Å². The summed E-state index contributed by atoms with van der Waals surface area (Å²) in [5.41, 5.74) is 1.40. The first-order valence-electron chi connectivity index (χ1n) is 4.00. The van der Waals surface area contributed by atoms with E-state index in [0.29, 0.717) is 12.2 Å². The van der Waals surface area contributed by atoms with E-state index in [4.69, 9.17) is 0 Å². The molecule has 0 atom stereocenters. The van der Waals surface area contributed by atoms with Gasteiger partial charge in [0.1, 0.15) is 0 Å². The smallest absolute Gasteiger partial charge is 0.213 e. The Labute approximate surface area is 77.2 Å². The van der Waals surface area contributed by atoms with Crippen LogP contribution in [0.4, 0.5) is 4.39 Å². The van der Waals surface area contributed by atoms with E-state index in [1.807, 2.05) is 7.05 Å². The van der Waals surface area contributed by atoms with Crippen molar-refractivity contribution in [3.63, 3.8) is 0 Å². The number of hydrogen-bond acceptors (Lipinski definition) is 2. The summed E-state index contributed by atoms with van der Waals surface area (Å²) in [6, 6.07) is 2.96. The number of halogens is 1. The maximum absolute atomic E-state index is 12.6. The summed E-state index contributed by atoms with van der Waals surface area (Å²) in [5, 5.41) is 2.90. The number of aromatic nitrogens is 1. The minimum absolute atomic E-state index is 0.461. The molecule has 2 nitrogen and oxygen atoms in total. The molecule has 0 saturated heterocycles. The molecule has 0 aliphatic heterocycles. The molecule has 1 heterocycles. The first-order chi connectivity index (χ1) is 6.24. The summed E-state index contributed by atoms with van der Waals surface area (Å²) >= 11 is 0. The van der Waals surface area contributed by atoms with Gasteiger partial charge in [-0.3, -0.25) is 0 Å². The van der Waals surface area contributed by atoms with Gasteiger partial charge in [0.25, 0.3) is 0 Å². The average Bonchev–Trinajstić information content (AvgIpc) is 2.09. The van der Waals surface area contributed by atoms with E-state index in [1.165, 1.54) is 6.07 Å². The lowest BCUT2D eigenvalue weighted by Crippen LogP contribution is -2.04. The Kier molecular flexibility index (Phi) is 3.41. The summed E-state index contributed by atoms with van der Waals surface area (Å²) in [4.78, 5) is 3.66. The van der Waals surface area contributed by atoms with Crippen LogP contribution < -0.4 is 5.32 Å². The van der Waals surface area contributed by atoms with Gasteiger partial charge < -0.3 is 5.32 Å². The zero-order chi connectivity index (χ0) is 9.68. The Bertz CT molecular complexity index is 350. The lowest BCUT2D eigenvalue weighted by atomic mass is 10.2. The molecule has 0 radical (unpaired) electrons. The third-order valence-electron chi connectivity index (χ3n) is 1.54. The van der Waals surface area contributed by atoms with E-state index in [-0.39, 0.29) is 0 Å². The van der Waals surface area contributed by atoms with Crippen LogP contribution in [0.25, 0.3) is 0 Å². The highest BCUT2D eigenvalue weighted by Crippen LogP contribution is 2.03. The molecule has 0 saturated carbocycles. The summed E-state index contributed by atoms with van der Waals surface area (Å²) in [7, 11) is 1.82.